The monoisotopic (exact) mass is 599 g/mol. The van der Waals surface area contributed by atoms with Crippen molar-refractivity contribution in [2.45, 2.75) is 76.2 Å². The molecule has 0 aromatic heterocycles. The van der Waals surface area contributed by atoms with Crippen LogP contribution < -0.4 is 10.1 Å². The number of ether oxygens (including phenoxy) is 1. The zero-order chi connectivity index (χ0) is 30.4. The number of likely N-dealkylation sites (tertiary alicyclic amines) is 1. The molecule has 44 heavy (non-hydrogen) atoms. The summed E-state index contributed by atoms with van der Waals surface area (Å²) in [6.07, 6.45) is 4.68. The minimum Gasteiger partial charge on any atom is -0.489 e. The van der Waals surface area contributed by atoms with E-state index in [1.807, 2.05) is 6.07 Å². The summed E-state index contributed by atoms with van der Waals surface area (Å²) < 4.78 is 34.2. The number of hydrogen-bond acceptors (Lipinski definition) is 5. The fourth-order valence-corrected chi connectivity index (χ4v) is 7.16. The van der Waals surface area contributed by atoms with Gasteiger partial charge in [-0.15, -0.1) is 0 Å². The number of imide groups is 1. The van der Waals surface area contributed by atoms with E-state index in [1.54, 1.807) is 18.2 Å². The number of carbonyl (C=O) groups is 3. The molecule has 2 unspecified atom stereocenters. The van der Waals surface area contributed by atoms with Crippen LogP contribution in [0.5, 0.6) is 5.75 Å². The van der Waals surface area contributed by atoms with Gasteiger partial charge in [-0.2, -0.15) is 0 Å². The molecule has 7 nitrogen and oxygen atoms in total. The summed E-state index contributed by atoms with van der Waals surface area (Å²) >= 11 is 0. The van der Waals surface area contributed by atoms with Crippen molar-refractivity contribution in [1.82, 2.24) is 15.1 Å². The maximum Gasteiger partial charge on any atom is 0.255 e. The molecule has 4 aliphatic rings. The second-order valence-electron chi connectivity index (χ2n) is 12.5. The highest BCUT2D eigenvalue weighted by molar-refractivity contribution is 6.05. The molecule has 3 atom stereocenters. The molecular formula is C35H35F2N3O4. The van der Waals surface area contributed by atoms with Crippen LogP contribution in [0, 0.1) is 17.6 Å². The number of halogens is 2. The average Bonchev–Trinajstić information content (AvgIpc) is 3.80. The van der Waals surface area contributed by atoms with Gasteiger partial charge in [-0.3, -0.25) is 24.6 Å². The Kier molecular flexibility index (Phi) is 7.66. The van der Waals surface area contributed by atoms with Crippen molar-refractivity contribution in [1.29, 1.82) is 0 Å². The Morgan fingerprint density at radius 1 is 0.909 bits per heavy atom. The highest BCUT2D eigenvalue weighted by atomic mass is 19.1. The summed E-state index contributed by atoms with van der Waals surface area (Å²) in [5.74, 6) is -0.564. The highest BCUT2D eigenvalue weighted by Gasteiger charge is 2.41. The van der Waals surface area contributed by atoms with Crippen LogP contribution in [0.3, 0.4) is 0 Å². The van der Waals surface area contributed by atoms with Gasteiger partial charge < -0.3 is 9.64 Å². The summed E-state index contributed by atoms with van der Waals surface area (Å²) in [5, 5.41) is 2.34. The van der Waals surface area contributed by atoms with Gasteiger partial charge in [0, 0.05) is 36.2 Å². The van der Waals surface area contributed by atoms with Crippen molar-refractivity contribution in [3.63, 3.8) is 0 Å². The van der Waals surface area contributed by atoms with Crippen molar-refractivity contribution in [2.75, 3.05) is 6.54 Å². The molecule has 3 fully saturated rings. The number of nitrogens with one attached hydrogen (secondary N) is 1. The van der Waals surface area contributed by atoms with Crippen LogP contribution in [-0.4, -0.2) is 46.1 Å². The minimum atomic E-state index is -0.664. The number of rotatable bonds is 8. The third-order valence-electron chi connectivity index (χ3n) is 9.67. The van der Waals surface area contributed by atoms with E-state index in [0.717, 1.165) is 43.1 Å². The predicted molar refractivity (Wildman–Crippen MR) is 159 cm³/mol. The SMILES string of the molecule is O=C1CC[C@H](N2Cc3c(OCc4ccc(CN5CCC(c6ccc(F)cc6F)CC5C5CC5)cc4)cccc3C2=O)C(=O)N1. The first-order valence-corrected chi connectivity index (χ1v) is 15.5. The van der Waals surface area contributed by atoms with Crippen LogP contribution in [0.1, 0.15) is 77.1 Å². The second kappa shape index (κ2) is 11.8. The molecule has 7 rings (SSSR count). The number of carbonyl (C=O) groups excluding carboxylic acids is 3. The summed E-state index contributed by atoms with van der Waals surface area (Å²) in [6, 6.07) is 17.5. The summed E-state index contributed by atoms with van der Waals surface area (Å²) in [6.45, 7) is 2.30. The fraction of sp³-hybridized carbons (Fsp3) is 0.400. The third kappa shape index (κ3) is 5.73. The van der Waals surface area contributed by atoms with Crippen LogP contribution in [-0.2, 0) is 29.3 Å². The molecule has 3 aromatic rings. The van der Waals surface area contributed by atoms with E-state index in [9.17, 15) is 23.2 Å². The number of hydrogen-bond donors (Lipinski definition) is 1. The Labute approximate surface area is 255 Å². The molecule has 3 heterocycles. The van der Waals surface area contributed by atoms with Crippen molar-refractivity contribution >= 4 is 17.7 Å². The van der Waals surface area contributed by atoms with Gasteiger partial charge >= 0.3 is 0 Å². The van der Waals surface area contributed by atoms with E-state index in [1.165, 1.54) is 29.4 Å². The van der Waals surface area contributed by atoms with Crippen molar-refractivity contribution < 1.29 is 27.9 Å². The van der Waals surface area contributed by atoms with Crippen LogP contribution in [0.25, 0.3) is 0 Å². The lowest BCUT2D eigenvalue weighted by Crippen LogP contribution is -2.52. The van der Waals surface area contributed by atoms with E-state index in [2.05, 4.69) is 34.5 Å². The molecule has 3 amide bonds. The summed E-state index contributed by atoms with van der Waals surface area (Å²) in [7, 11) is 0. The van der Waals surface area contributed by atoms with Gasteiger partial charge in [0.05, 0.1) is 6.54 Å². The zero-order valence-electron chi connectivity index (χ0n) is 24.4. The quantitative estimate of drug-likeness (QED) is 0.348. The Hall–Kier alpha value is -4.11. The van der Waals surface area contributed by atoms with Crippen molar-refractivity contribution in [3.05, 3.63) is 100 Å². The molecule has 3 aromatic carbocycles. The maximum atomic E-state index is 14.5. The number of fused-ring (bicyclic) bond motifs is 1. The van der Waals surface area contributed by atoms with Crippen LogP contribution in [0.15, 0.2) is 60.7 Å². The van der Waals surface area contributed by atoms with Gasteiger partial charge in [0.25, 0.3) is 5.91 Å². The molecule has 228 valence electrons. The minimum absolute atomic E-state index is 0.114. The lowest BCUT2D eigenvalue weighted by atomic mass is 9.83. The van der Waals surface area contributed by atoms with E-state index in [0.29, 0.717) is 41.9 Å². The Balaban J connectivity index is 0.974. The molecule has 9 heteroatoms. The third-order valence-corrected chi connectivity index (χ3v) is 9.67. The lowest BCUT2D eigenvalue weighted by molar-refractivity contribution is -0.136. The first-order chi connectivity index (χ1) is 21.3. The van der Waals surface area contributed by atoms with E-state index >= 15 is 0 Å². The van der Waals surface area contributed by atoms with Gasteiger partial charge in [-0.1, -0.05) is 36.4 Å². The molecule has 2 saturated heterocycles. The predicted octanol–water partition coefficient (Wildman–Crippen LogP) is 5.46. The van der Waals surface area contributed by atoms with Crippen molar-refractivity contribution in [2.24, 2.45) is 5.92 Å². The molecule has 0 radical (unpaired) electrons. The average molecular weight is 600 g/mol. The Morgan fingerprint density at radius 2 is 1.70 bits per heavy atom. The van der Waals surface area contributed by atoms with Gasteiger partial charge in [0.15, 0.2) is 0 Å². The fourth-order valence-electron chi connectivity index (χ4n) is 7.16. The normalized spacial score (nSPS) is 23.9. The van der Waals surface area contributed by atoms with E-state index in [4.69, 9.17) is 4.74 Å². The van der Waals surface area contributed by atoms with Gasteiger partial charge in [-0.25, -0.2) is 8.78 Å². The Bertz CT molecular complexity index is 1610. The van der Waals surface area contributed by atoms with E-state index in [-0.39, 0.29) is 30.7 Å². The molecule has 0 spiro atoms. The zero-order valence-corrected chi connectivity index (χ0v) is 24.4. The lowest BCUT2D eigenvalue weighted by Gasteiger charge is -2.40. The molecule has 0 bridgehead atoms. The number of benzene rings is 3. The second-order valence-corrected chi connectivity index (χ2v) is 12.5. The van der Waals surface area contributed by atoms with Crippen LogP contribution in [0.2, 0.25) is 0 Å². The van der Waals surface area contributed by atoms with Gasteiger partial charge in [-0.05, 0) is 85.4 Å². The highest BCUT2D eigenvalue weighted by Crippen LogP contribution is 2.44. The standard InChI is InChI=1S/C35H35F2N3O4/c36-25-10-11-26(29(37)17-25)24-14-15-39(31(16-24)23-8-9-23)18-21-4-6-22(7-5-21)20-44-32-3-1-2-27-28(32)19-40(35(27)43)30-12-13-33(41)38-34(30)42/h1-7,10-11,17,23-24,30-31H,8-9,12-16,18-20H2,(H,38,41,42)/t24?,30-,31?/m0/s1. The van der Waals surface area contributed by atoms with Crippen LogP contribution >= 0.6 is 0 Å². The molecule has 3 aliphatic heterocycles. The van der Waals surface area contributed by atoms with Gasteiger partial charge in [0.2, 0.25) is 11.8 Å². The Morgan fingerprint density at radius 3 is 2.45 bits per heavy atom. The maximum absolute atomic E-state index is 14.5. The number of nitrogens with zero attached hydrogens (tertiary/aromatic N) is 2. The van der Waals surface area contributed by atoms with Crippen LogP contribution in [0.4, 0.5) is 8.78 Å². The van der Waals surface area contributed by atoms with E-state index < -0.39 is 23.6 Å². The van der Waals surface area contributed by atoms with Gasteiger partial charge in [0.1, 0.15) is 30.0 Å². The first kappa shape index (κ1) is 28.6. The number of amides is 3. The molecule has 1 saturated carbocycles. The largest absolute Gasteiger partial charge is 0.489 e. The summed E-state index contributed by atoms with van der Waals surface area (Å²) in [5.41, 5.74) is 4.13. The van der Waals surface area contributed by atoms with Crippen molar-refractivity contribution in [3.8, 4) is 5.75 Å². The number of piperidine rings is 2. The first-order valence-electron chi connectivity index (χ1n) is 15.5. The summed E-state index contributed by atoms with van der Waals surface area (Å²) in [4.78, 5) is 41.1. The molecular weight excluding hydrogens is 564 g/mol. The molecule has 1 N–H and O–H groups in total. The topological polar surface area (TPSA) is 79.0 Å². The molecule has 1 aliphatic carbocycles. The smallest absolute Gasteiger partial charge is 0.255 e.